The highest BCUT2D eigenvalue weighted by Gasteiger charge is 2.26. The van der Waals surface area contributed by atoms with E-state index in [1.165, 1.54) is 12.1 Å². The molecule has 9 heteroatoms. The van der Waals surface area contributed by atoms with Crippen molar-refractivity contribution in [1.82, 2.24) is 0 Å². The molecule has 1 aliphatic rings. The minimum atomic E-state index is -0.422. The van der Waals surface area contributed by atoms with Crippen LogP contribution >= 0.6 is 15.9 Å². The minimum Gasteiger partial charge on any atom is -1.00 e. The van der Waals surface area contributed by atoms with Crippen LogP contribution in [0.4, 0.5) is 17.1 Å². The molecule has 3 aromatic carbocycles. The first-order valence-corrected chi connectivity index (χ1v) is 9.30. The molecule has 0 amide bonds. The number of amidine groups is 1. The van der Waals surface area contributed by atoms with E-state index in [1.807, 2.05) is 64.3 Å². The normalized spacial score (nSPS) is 13.2. The Balaban J connectivity index is 0.00000240. The molecule has 0 aliphatic carbocycles. The molecule has 3 aromatic rings. The molecule has 4 rings (SSSR count). The number of rotatable bonds is 4. The molecule has 0 aromatic heterocycles. The molecule has 7 nitrogen and oxygen atoms in total. The SMILES string of the molecule is O=[N+]([O-])c1cccc(C2=NN(c3ccccc3)C[N+](c3ccc(Br)cc3)=N2)c1.[Br-]. The lowest BCUT2D eigenvalue weighted by Gasteiger charge is -2.20. The fraction of sp³-hybridized carbons (Fsp3) is 0.0500. The second-order valence-corrected chi connectivity index (χ2v) is 7.00. The summed E-state index contributed by atoms with van der Waals surface area (Å²) in [5, 5.41) is 22.2. The van der Waals surface area contributed by atoms with Crippen molar-refractivity contribution in [3.05, 3.63) is 99.0 Å². The van der Waals surface area contributed by atoms with Crippen LogP contribution < -0.4 is 22.0 Å². The number of non-ortho nitro benzene ring substituents is 1. The number of para-hydroxylation sites is 1. The molecule has 0 atom stereocenters. The Hall–Kier alpha value is -2.91. The number of nitrogens with zero attached hydrogens (tertiary/aromatic N) is 5. The van der Waals surface area contributed by atoms with Gasteiger partial charge in [-0.05, 0) is 24.3 Å². The van der Waals surface area contributed by atoms with E-state index in [4.69, 9.17) is 0 Å². The van der Waals surface area contributed by atoms with Crippen molar-refractivity contribution < 1.29 is 26.6 Å². The maximum absolute atomic E-state index is 11.1. The molecule has 29 heavy (non-hydrogen) atoms. The first kappa shape index (κ1) is 20.8. The van der Waals surface area contributed by atoms with E-state index in [-0.39, 0.29) is 22.7 Å². The fourth-order valence-electron chi connectivity index (χ4n) is 2.80. The smallest absolute Gasteiger partial charge is 0.270 e. The summed E-state index contributed by atoms with van der Waals surface area (Å²) in [6.07, 6.45) is 0. The van der Waals surface area contributed by atoms with Gasteiger partial charge in [-0.2, -0.15) is 0 Å². The predicted octanol–water partition coefficient (Wildman–Crippen LogP) is 2.30. The summed E-state index contributed by atoms with van der Waals surface area (Å²) in [6, 6.07) is 23.9. The highest BCUT2D eigenvalue weighted by atomic mass is 79.9. The number of anilines is 1. The molecule has 1 heterocycles. The third kappa shape index (κ3) is 4.75. The van der Waals surface area contributed by atoms with E-state index in [2.05, 4.69) is 26.1 Å². The minimum absolute atomic E-state index is 0. The van der Waals surface area contributed by atoms with Crippen molar-refractivity contribution in [2.24, 2.45) is 10.2 Å². The van der Waals surface area contributed by atoms with Crippen molar-refractivity contribution >= 4 is 38.8 Å². The van der Waals surface area contributed by atoms with Crippen molar-refractivity contribution in [2.75, 3.05) is 11.7 Å². The number of azo groups is 2. The molecule has 146 valence electrons. The Morgan fingerprint density at radius 1 is 1.00 bits per heavy atom. The standard InChI is InChI=1S/C20H15BrN5O2.BrH/c21-16-9-11-18(12-10-16)25-14-24(17-6-2-1-3-7-17)22-20(23-25)15-5-4-8-19(13-15)26(27)28;/h1-13H,14H2;1H/q+1;/p-1. The lowest BCUT2D eigenvalue weighted by atomic mass is 10.2. The molecule has 0 fully saturated rings. The van der Waals surface area contributed by atoms with Gasteiger partial charge in [0.05, 0.1) is 10.6 Å². The van der Waals surface area contributed by atoms with Gasteiger partial charge in [0.1, 0.15) is 0 Å². The average molecular weight is 517 g/mol. The highest BCUT2D eigenvalue weighted by molar-refractivity contribution is 9.10. The van der Waals surface area contributed by atoms with Gasteiger partial charge >= 0.3 is 0 Å². The zero-order chi connectivity index (χ0) is 19.5. The van der Waals surface area contributed by atoms with Gasteiger partial charge in [-0.25, -0.2) is 5.01 Å². The lowest BCUT2D eigenvalue weighted by Crippen LogP contribution is -3.00. The molecule has 0 unspecified atom stereocenters. The number of halogens is 2. The van der Waals surface area contributed by atoms with Gasteiger partial charge in [-0.15, -0.1) is 5.10 Å². The Labute approximate surface area is 186 Å². The molecule has 0 saturated carbocycles. The topological polar surface area (TPSA) is 74.1 Å². The van der Waals surface area contributed by atoms with E-state index in [0.29, 0.717) is 18.1 Å². The molecule has 0 radical (unpaired) electrons. The molecular weight excluding hydrogens is 502 g/mol. The summed E-state index contributed by atoms with van der Waals surface area (Å²) < 4.78 is 2.79. The van der Waals surface area contributed by atoms with Crippen LogP contribution in [0.25, 0.3) is 0 Å². The Morgan fingerprint density at radius 3 is 2.41 bits per heavy atom. The zero-order valence-corrected chi connectivity index (χ0v) is 18.2. The van der Waals surface area contributed by atoms with E-state index >= 15 is 0 Å². The Morgan fingerprint density at radius 2 is 1.72 bits per heavy atom. The number of hydrazone groups is 1. The van der Waals surface area contributed by atoms with Crippen LogP contribution in [-0.4, -0.2) is 22.1 Å². The molecule has 0 bridgehead atoms. The summed E-state index contributed by atoms with van der Waals surface area (Å²) >= 11 is 3.44. The van der Waals surface area contributed by atoms with Crippen LogP contribution in [0.5, 0.6) is 0 Å². The molecule has 0 spiro atoms. The van der Waals surface area contributed by atoms with Gasteiger partial charge in [-0.1, -0.05) is 51.0 Å². The van der Waals surface area contributed by atoms with Gasteiger partial charge < -0.3 is 17.0 Å². The second-order valence-electron chi connectivity index (χ2n) is 6.08. The first-order valence-electron chi connectivity index (χ1n) is 8.51. The molecular formula is C20H15Br2N5O2. The summed E-state index contributed by atoms with van der Waals surface area (Å²) in [5.41, 5.74) is 2.38. The quantitative estimate of drug-likeness (QED) is 0.303. The number of hydrogen-bond acceptors (Lipinski definition) is 5. The monoisotopic (exact) mass is 515 g/mol. The molecule has 1 aliphatic heterocycles. The third-order valence-electron chi connectivity index (χ3n) is 4.19. The lowest BCUT2D eigenvalue weighted by molar-refractivity contribution is -0.508. The molecule has 0 saturated heterocycles. The fourth-order valence-corrected chi connectivity index (χ4v) is 3.07. The van der Waals surface area contributed by atoms with E-state index < -0.39 is 4.92 Å². The second kappa shape index (κ2) is 9.06. The van der Waals surface area contributed by atoms with Crippen LogP contribution in [0, 0.1) is 10.1 Å². The Kier molecular flexibility index (Phi) is 6.50. The van der Waals surface area contributed by atoms with Crippen LogP contribution in [0.15, 0.2) is 93.6 Å². The zero-order valence-electron chi connectivity index (χ0n) is 15.0. The summed E-state index contributed by atoms with van der Waals surface area (Å²) in [7, 11) is 0. The van der Waals surface area contributed by atoms with Gasteiger partial charge in [0, 0.05) is 39.4 Å². The van der Waals surface area contributed by atoms with Crippen molar-refractivity contribution in [1.29, 1.82) is 0 Å². The summed E-state index contributed by atoms with van der Waals surface area (Å²) in [6.45, 7) is 0.421. The largest absolute Gasteiger partial charge is 1.00 e. The van der Waals surface area contributed by atoms with Crippen molar-refractivity contribution in [2.45, 2.75) is 0 Å². The van der Waals surface area contributed by atoms with Crippen molar-refractivity contribution in [3.63, 3.8) is 0 Å². The van der Waals surface area contributed by atoms with Gasteiger partial charge in [0.25, 0.3) is 12.4 Å². The van der Waals surface area contributed by atoms with Gasteiger partial charge in [-0.3, -0.25) is 10.1 Å². The highest BCUT2D eigenvalue weighted by Crippen LogP contribution is 2.25. The van der Waals surface area contributed by atoms with Gasteiger partial charge in [0.2, 0.25) is 11.5 Å². The maximum Gasteiger partial charge on any atom is 0.270 e. The van der Waals surface area contributed by atoms with Crippen LogP contribution in [0.2, 0.25) is 0 Å². The van der Waals surface area contributed by atoms with E-state index in [0.717, 1.165) is 15.8 Å². The number of benzene rings is 3. The summed E-state index contributed by atoms with van der Waals surface area (Å²) in [4.78, 5) is 10.7. The predicted molar refractivity (Wildman–Crippen MR) is 110 cm³/mol. The van der Waals surface area contributed by atoms with Crippen LogP contribution in [0.1, 0.15) is 5.56 Å². The van der Waals surface area contributed by atoms with Crippen LogP contribution in [0.3, 0.4) is 0 Å². The van der Waals surface area contributed by atoms with E-state index in [9.17, 15) is 10.1 Å². The number of nitro benzene ring substituents is 1. The Bertz CT molecular complexity index is 1090. The van der Waals surface area contributed by atoms with E-state index in [1.54, 1.807) is 12.1 Å². The average Bonchev–Trinajstić information content (AvgIpc) is 2.74. The summed E-state index contributed by atoms with van der Waals surface area (Å²) in [5.74, 6) is 0.404. The number of hydrogen-bond donors (Lipinski definition) is 0. The first-order chi connectivity index (χ1) is 13.6. The molecule has 0 N–H and O–H groups in total. The maximum atomic E-state index is 11.1. The van der Waals surface area contributed by atoms with Crippen LogP contribution in [-0.2, 0) is 0 Å². The third-order valence-corrected chi connectivity index (χ3v) is 4.72. The number of nitro groups is 1. The van der Waals surface area contributed by atoms with Gasteiger partial charge in [0.15, 0.2) is 0 Å². The van der Waals surface area contributed by atoms with Crippen molar-refractivity contribution in [3.8, 4) is 0 Å².